The monoisotopic (exact) mass is 411 g/mol. The van der Waals surface area contributed by atoms with Gasteiger partial charge in [-0.2, -0.15) is 0 Å². The number of rotatable bonds is 5. The number of anilines is 1. The summed E-state index contributed by atoms with van der Waals surface area (Å²) >= 11 is 6.05. The van der Waals surface area contributed by atoms with Crippen LogP contribution in [0.25, 0.3) is 0 Å². The van der Waals surface area contributed by atoms with Gasteiger partial charge in [0.1, 0.15) is 5.78 Å². The summed E-state index contributed by atoms with van der Waals surface area (Å²) in [6.07, 6.45) is 0.185. The minimum atomic E-state index is -1.30. The van der Waals surface area contributed by atoms with Crippen LogP contribution in [-0.4, -0.2) is 22.3 Å². The van der Waals surface area contributed by atoms with Gasteiger partial charge in [-0.15, -0.1) is 0 Å². The highest BCUT2D eigenvalue weighted by molar-refractivity contribution is 6.30. The predicted octanol–water partition coefficient (Wildman–Crippen LogP) is 5.05. The standard InChI is InChI=1S/C24H26ClNO3/c1-14-5-11-19(12-6-14)26-20-13-24(4,29)23(16(3)28)22(21(20)15(2)27)17-7-9-18(25)10-8-17/h5-12,22-23,26,29H,13H2,1-4H3. The fourth-order valence-electron chi connectivity index (χ4n) is 4.33. The van der Waals surface area contributed by atoms with E-state index in [2.05, 4.69) is 5.32 Å². The second-order valence-corrected chi connectivity index (χ2v) is 8.53. The number of aryl methyl sites for hydroxylation is 1. The number of hydrogen-bond donors (Lipinski definition) is 2. The predicted molar refractivity (Wildman–Crippen MR) is 116 cm³/mol. The van der Waals surface area contributed by atoms with E-state index < -0.39 is 17.4 Å². The molecule has 2 N–H and O–H groups in total. The van der Waals surface area contributed by atoms with Crippen LogP contribution in [0.3, 0.4) is 0 Å². The van der Waals surface area contributed by atoms with Crippen LogP contribution in [0.1, 0.15) is 44.2 Å². The molecule has 1 aliphatic carbocycles. The summed E-state index contributed by atoms with van der Waals surface area (Å²) in [5, 5.41) is 15.1. The lowest BCUT2D eigenvalue weighted by molar-refractivity contribution is -0.131. The Bertz CT molecular complexity index is 959. The van der Waals surface area contributed by atoms with Crippen molar-refractivity contribution < 1.29 is 14.7 Å². The van der Waals surface area contributed by atoms with Crippen molar-refractivity contribution in [3.8, 4) is 0 Å². The van der Waals surface area contributed by atoms with Crippen molar-refractivity contribution in [1.29, 1.82) is 0 Å². The average molecular weight is 412 g/mol. The van der Waals surface area contributed by atoms with E-state index in [1.807, 2.05) is 43.3 Å². The van der Waals surface area contributed by atoms with Crippen LogP contribution in [-0.2, 0) is 9.59 Å². The minimum absolute atomic E-state index is 0.124. The van der Waals surface area contributed by atoms with E-state index in [4.69, 9.17) is 11.6 Å². The Balaban J connectivity index is 2.19. The molecule has 3 unspecified atom stereocenters. The Morgan fingerprint density at radius 1 is 1.07 bits per heavy atom. The number of hydrogen-bond acceptors (Lipinski definition) is 4. The number of aliphatic hydroxyl groups is 1. The van der Waals surface area contributed by atoms with Crippen molar-refractivity contribution in [2.75, 3.05) is 5.32 Å². The molecular formula is C24H26ClNO3. The lowest BCUT2D eigenvalue weighted by atomic mass is 9.64. The van der Waals surface area contributed by atoms with E-state index in [9.17, 15) is 14.7 Å². The summed E-state index contributed by atoms with van der Waals surface area (Å²) < 4.78 is 0. The van der Waals surface area contributed by atoms with E-state index >= 15 is 0 Å². The topological polar surface area (TPSA) is 66.4 Å². The highest BCUT2D eigenvalue weighted by atomic mass is 35.5. The molecule has 0 bridgehead atoms. The number of allylic oxidation sites excluding steroid dienone is 1. The number of nitrogens with one attached hydrogen (secondary N) is 1. The highest BCUT2D eigenvalue weighted by Crippen LogP contribution is 2.47. The number of carbonyl (C=O) groups excluding carboxylic acids is 2. The molecule has 1 aliphatic rings. The van der Waals surface area contributed by atoms with E-state index in [0.29, 0.717) is 16.3 Å². The molecule has 0 spiro atoms. The molecule has 29 heavy (non-hydrogen) atoms. The van der Waals surface area contributed by atoms with Crippen LogP contribution in [0, 0.1) is 12.8 Å². The fraction of sp³-hybridized carbons (Fsp3) is 0.333. The maximum absolute atomic E-state index is 12.8. The molecule has 0 saturated heterocycles. The molecule has 2 aromatic rings. The van der Waals surface area contributed by atoms with Crippen molar-refractivity contribution in [1.82, 2.24) is 0 Å². The molecule has 0 aliphatic heterocycles. The van der Waals surface area contributed by atoms with Crippen LogP contribution in [0.15, 0.2) is 59.8 Å². The molecule has 3 atom stereocenters. The zero-order valence-corrected chi connectivity index (χ0v) is 17.9. The minimum Gasteiger partial charge on any atom is -0.389 e. The average Bonchev–Trinajstić information content (AvgIpc) is 2.62. The summed E-state index contributed by atoms with van der Waals surface area (Å²) in [5.41, 5.74) is 2.60. The SMILES string of the molecule is CC(=O)C1=C(Nc2ccc(C)cc2)CC(C)(O)C(C(C)=O)C1c1ccc(Cl)cc1. The normalized spacial score (nSPS) is 24.3. The van der Waals surface area contributed by atoms with Gasteiger partial charge in [0, 0.05) is 34.3 Å². The zero-order chi connectivity index (χ0) is 21.3. The van der Waals surface area contributed by atoms with Crippen LogP contribution in [0.2, 0.25) is 5.02 Å². The van der Waals surface area contributed by atoms with E-state index in [1.54, 1.807) is 19.1 Å². The first-order chi connectivity index (χ1) is 13.6. The summed E-state index contributed by atoms with van der Waals surface area (Å²) in [7, 11) is 0. The van der Waals surface area contributed by atoms with Gasteiger partial charge >= 0.3 is 0 Å². The third kappa shape index (κ3) is 4.44. The van der Waals surface area contributed by atoms with Gasteiger partial charge in [0.15, 0.2) is 5.78 Å². The summed E-state index contributed by atoms with van der Waals surface area (Å²) in [5.74, 6) is -1.56. The van der Waals surface area contributed by atoms with Gasteiger partial charge in [-0.05, 0) is 57.5 Å². The van der Waals surface area contributed by atoms with E-state index in [0.717, 1.165) is 16.8 Å². The third-order valence-electron chi connectivity index (χ3n) is 5.57. The highest BCUT2D eigenvalue weighted by Gasteiger charge is 2.49. The molecule has 4 nitrogen and oxygen atoms in total. The van der Waals surface area contributed by atoms with Crippen LogP contribution in [0.4, 0.5) is 5.69 Å². The molecule has 0 saturated carbocycles. The smallest absolute Gasteiger partial charge is 0.158 e. The van der Waals surface area contributed by atoms with Gasteiger partial charge in [0.05, 0.1) is 11.5 Å². The fourth-order valence-corrected chi connectivity index (χ4v) is 4.46. The summed E-state index contributed by atoms with van der Waals surface area (Å²) in [6, 6.07) is 14.9. The van der Waals surface area contributed by atoms with Crippen molar-refractivity contribution in [2.24, 2.45) is 5.92 Å². The number of benzene rings is 2. The van der Waals surface area contributed by atoms with Crippen LogP contribution < -0.4 is 5.32 Å². The Labute approximate surface area is 176 Å². The van der Waals surface area contributed by atoms with Gasteiger partial charge in [0.25, 0.3) is 0 Å². The van der Waals surface area contributed by atoms with Crippen molar-refractivity contribution in [3.63, 3.8) is 0 Å². The molecule has 0 heterocycles. The van der Waals surface area contributed by atoms with Gasteiger partial charge in [-0.25, -0.2) is 0 Å². The van der Waals surface area contributed by atoms with Crippen LogP contribution in [0.5, 0.6) is 0 Å². The van der Waals surface area contributed by atoms with Crippen molar-refractivity contribution >= 4 is 28.9 Å². The van der Waals surface area contributed by atoms with Crippen molar-refractivity contribution in [2.45, 2.75) is 45.6 Å². The van der Waals surface area contributed by atoms with Gasteiger partial charge in [-0.3, -0.25) is 9.59 Å². The van der Waals surface area contributed by atoms with Crippen LogP contribution >= 0.6 is 11.6 Å². The second kappa shape index (κ2) is 8.13. The largest absolute Gasteiger partial charge is 0.389 e. The number of ketones is 2. The molecule has 0 amide bonds. The zero-order valence-electron chi connectivity index (χ0n) is 17.1. The third-order valence-corrected chi connectivity index (χ3v) is 5.82. The lowest BCUT2D eigenvalue weighted by Gasteiger charge is -2.43. The maximum atomic E-state index is 12.8. The molecule has 0 fully saturated rings. The molecule has 5 heteroatoms. The Morgan fingerprint density at radius 2 is 1.66 bits per heavy atom. The number of Topliss-reactive ketones (excluding diaryl/α,β-unsaturated/α-hetero) is 2. The quantitative estimate of drug-likeness (QED) is 0.722. The summed E-state index contributed by atoms with van der Waals surface area (Å²) in [4.78, 5) is 25.4. The lowest BCUT2D eigenvalue weighted by Crippen LogP contribution is -2.48. The molecular weight excluding hydrogens is 386 g/mol. The van der Waals surface area contributed by atoms with Gasteiger partial charge in [0.2, 0.25) is 0 Å². The van der Waals surface area contributed by atoms with Crippen molar-refractivity contribution in [3.05, 3.63) is 76.0 Å². The van der Waals surface area contributed by atoms with Gasteiger partial charge in [-0.1, -0.05) is 41.4 Å². The molecule has 0 radical (unpaired) electrons. The van der Waals surface area contributed by atoms with E-state index in [-0.39, 0.29) is 18.0 Å². The van der Waals surface area contributed by atoms with Gasteiger partial charge < -0.3 is 10.4 Å². The first-order valence-corrected chi connectivity index (χ1v) is 10.0. The maximum Gasteiger partial charge on any atom is 0.158 e. The second-order valence-electron chi connectivity index (χ2n) is 8.09. The summed E-state index contributed by atoms with van der Waals surface area (Å²) in [6.45, 7) is 6.64. The van der Waals surface area contributed by atoms with E-state index in [1.165, 1.54) is 13.8 Å². The molecule has 2 aromatic carbocycles. The molecule has 0 aromatic heterocycles. The first-order valence-electron chi connectivity index (χ1n) is 9.66. The number of carbonyl (C=O) groups is 2. The Hall–Kier alpha value is -2.43. The molecule has 3 rings (SSSR count). The Kier molecular flexibility index (Phi) is 5.97. The molecule has 152 valence electrons. The first kappa shape index (κ1) is 21.3. The Morgan fingerprint density at radius 3 is 2.17 bits per heavy atom. The number of halogens is 1.